The highest BCUT2D eigenvalue weighted by Crippen LogP contribution is 2.37. The van der Waals surface area contributed by atoms with Crippen LogP contribution in [0.2, 0.25) is 5.02 Å². The maximum Gasteiger partial charge on any atom is 0.417 e. The van der Waals surface area contributed by atoms with Crippen molar-refractivity contribution in [1.82, 2.24) is 19.9 Å². The molecule has 0 radical (unpaired) electrons. The van der Waals surface area contributed by atoms with Gasteiger partial charge in [-0.05, 0) is 41.5 Å². The molecule has 34 heavy (non-hydrogen) atoms. The fourth-order valence-corrected chi connectivity index (χ4v) is 3.98. The van der Waals surface area contributed by atoms with Gasteiger partial charge in [-0.2, -0.15) is 13.2 Å². The van der Waals surface area contributed by atoms with Crippen molar-refractivity contribution < 1.29 is 17.9 Å². The first-order chi connectivity index (χ1) is 16.3. The van der Waals surface area contributed by atoms with Gasteiger partial charge in [-0.1, -0.05) is 35.5 Å². The average molecular weight is 505 g/mol. The fraction of sp³-hybridized carbons (Fsp3) is 0.130. The second kappa shape index (κ2) is 10.3. The Morgan fingerprint density at radius 1 is 0.971 bits per heavy atom. The van der Waals surface area contributed by atoms with Gasteiger partial charge in [0, 0.05) is 36.3 Å². The summed E-state index contributed by atoms with van der Waals surface area (Å²) < 4.78 is 44.6. The van der Waals surface area contributed by atoms with Crippen molar-refractivity contribution in [3.05, 3.63) is 105 Å². The molecular weight excluding hydrogens is 489 g/mol. The van der Waals surface area contributed by atoms with Crippen molar-refractivity contribution in [3.63, 3.8) is 0 Å². The molecule has 0 saturated carbocycles. The molecule has 0 unspecified atom stereocenters. The number of nitrogens with one attached hydrogen (secondary N) is 1. The number of hydrogen-bond donors (Lipinski definition) is 1. The van der Waals surface area contributed by atoms with Crippen LogP contribution < -0.4 is 10.3 Å². The van der Waals surface area contributed by atoms with Crippen molar-refractivity contribution in [1.29, 1.82) is 0 Å². The first-order valence-corrected chi connectivity index (χ1v) is 11.2. The van der Waals surface area contributed by atoms with Crippen LogP contribution in [0.1, 0.15) is 22.3 Å². The molecule has 0 atom stereocenters. The zero-order chi connectivity index (χ0) is 24.1. The summed E-state index contributed by atoms with van der Waals surface area (Å²) in [6, 6.07) is 10.3. The lowest BCUT2D eigenvalue weighted by Gasteiger charge is -2.12. The number of hydrogen-bond acceptors (Lipinski definition) is 6. The number of rotatable bonds is 7. The molecule has 1 N–H and O–H groups in total. The maximum atomic E-state index is 13.0. The summed E-state index contributed by atoms with van der Waals surface area (Å²) in [4.78, 5) is 27.3. The highest BCUT2D eigenvalue weighted by molar-refractivity contribution is 7.98. The molecule has 0 amide bonds. The number of benzene rings is 2. The van der Waals surface area contributed by atoms with Gasteiger partial charge in [0.25, 0.3) is 5.56 Å². The molecule has 0 saturated heterocycles. The molecule has 0 fully saturated rings. The van der Waals surface area contributed by atoms with Crippen LogP contribution >= 0.6 is 23.4 Å². The summed E-state index contributed by atoms with van der Waals surface area (Å²) in [6.07, 6.45) is 2.06. The van der Waals surface area contributed by atoms with Crippen LogP contribution in [-0.2, 0) is 18.3 Å². The first-order valence-electron chi connectivity index (χ1n) is 9.86. The fourth-order valence-electron chi connectivity index (χ4n) is 2.97. The molecule has 2 aromatic heterocycles. The standard InChI is InChI=1S/C23H16ClF3N4O2S/c24-20-6-5-18(8-19(20)23(25,26)27)33-17-3-1-14(2-4-17)12-34-22-30-11-16(21(32)31-22)7-15-9-28-13-29-10-15/h1-6,8-11,13H,7,12H2,(H,30,31,32). The van der Waals surface area contributed by atoms with Crippen molar-refractivity contribution in [2.45, 2.75) is 23.5 Å². The van der Waals surface area contributed by atoms with Gasteiger partial charge < -0.3 is 9.72 Å². The first kappa shape index (κ1) is 23.8. The van der Waals surface area contributed by atoms with Crippen LogP contribution in [0, 0.1) is 0 Å². The van der Waals surface area contributed by atoms with Crippen LogP contribution in [0.25, 0.3) is 0 Å². The quantitative estimate of drug-likeness (QED) is 0.249. The lowest BCUT2D eigenvalue weighted by atomic mass is 10.1. The van der Waals surface area contributed by atoms with E-state index in [0.717, 1.165) is 23.3 Å². The Bertz CT molecular complexity index is 1330. The summed E-state index contributed by atoms with van der Waals surface area (Å²) >= 11 is 6.98. The lowest BCUT2D eigenvalue weighted by Crippen LogP contribution is -2.14. The number of H-pyrrole nitrogens is 1. The Labute approximate surface area is 201 Å². The van der Waals surface area contributed by atoms with Gasteiger partial charge in [-0.3, -0.25) is 4.79 Å². The second-order valence-electron chi connectivity index (χ2n) is 7.14. The molecule has 0 aliphatic rings. The SMILES string of the molecule is O=c1[nH]c(SCc2ccc(Oc3ccc(Cl)c(C(F)(F)F)c3)cc2)ncc1Cc1cncnc1. The molecule has 0 spiro atoms. The minimum Gasteiger partial charge on any atom is -0.457 e. The van der Waals surface area contributed by atoms with Gasteiger partial charge >= 0.3 is 6.18 Å². The highest BCUT2D eigenvalue weighted by Gasteiger charge is 2.33. The molecule has 0 aliphatic carbocycles. The van der Waals surface area contributed by atoms with Crippen LogP contribution in [0.5, 0.6) is 11.5 Å². The van der Waals surface area contributed by atoms with Crippen LogP contribution in [0.4, 0.5) is 13.2 Å². The van der Waals surface area contributed by atoms with E-state index in [1.165, 1.54) is 30.4 Å². The molecule has 0 aliphatic heterocycles. The number of aromatic amines is 1. The molecule has 4 rings (SSSR count). The van der Waals surface area contributed by atoms with Gasteiger partial charge in [0.2, 0.25) is 0 Å². The second-order valence-corrected chi connectivity index (χ2v) is 8.51. The Hall–Kier alpha value is -3.37. The van der Waals surface area contributed by atoms with E-state index >= 15 is 0 Å². The predicted molar refractivity (Wildman–Crippen MR) is 122 cm³/mol. The van der Waals surface area contributed by atoms with Crippen molar-refractivity contribution >= 4 is 23.4 Å². The van der Waals surface area contributed by atoms with Gasteiger partial charge in [-0.25, -0.2) is 15.0 Å². The van der Waals surface area contributed by atoms with Crippen LogP contribution in [0.3, 0.4) is 0 Å². The summed E-state index contributed by atoms with van der Waals surface area (Å²) in [5.74, 6) is 0.932. The third-order valence-corrected chi connectivity index (χ3v) is 5.92. The number of alkyl halides is 3. The molecule has 6 nitrogen and oxygen atoms in total. The van der Waals surface area contributed by atoms with Crippen molar-refractivity contribution in [2.75, 3.05) is 0 Å². The average Bonchev–Trinajstić information content (AvgIpc) is 2.81. The van der Waals surface area contributed by atoms with Crippen molar-refractivity contribution in [2.24, 2.45) is 0 Å². The van der Waals surface area contributed by atoms with E-state index in [9.17, 15) is 18.0 Å². The third kappa shape index (κ3) is 6.15. The monoisotopic (exact) mass is 504 g/mol. The highest BCUT2D eigenvalue weighted by atomic mass is 35.5. The predicted octanol–water partition coefficient (Wildman–Crippen LogP) is 5.91. The molecule has 174 valence electrons. The van der Waals surface area contributed by atoms with E-state index in [0.29, 0.717) is 28.6 Å². The zero-order valence-corrected chi connectivity index (χ0v) is 18.9. The number of halogens is 4. The smallest absolute Gasteiger partial charge is 0.417 e. The summed E-state index contributed by atoms with van der Waals surface area (Å²) in [6.45, 7) is 0. The van der Waals surface area contributed by atoms with Crippen LogP contribution in [-0.4, -0.2) is 19.9 Å². The Morgan fingerprint density at radius 2 is 1.68 bits per heavy atom. The summed E-state index contributed by atoms with van der Waals surface area (Å²) in [5, 5.41) is 0.0835. The molecular formula is C23H16ClF3N4O2S. The normalized spacial score (nSPS) is 11.4. The maximum absolute atomic E-state index is 13.0. The molecule has 0 bridgehead atoms. The Kier molecular flexibility index (Phi) is 7.18. The van der Waals surface area contributed by atoms with E-state index in [2.05, 4.69) is 19.9 Å². The van der Waals surface area contributed by atoms with E-state index in [4.69, 9.17) is 16.3 Å². The van der Waals surface area contributed by atoms with E-state index < -0.39 is 11.7 Å². The zero-order valence-electron chi connectivity index (χ0n) is 17.3. The minimum absolute atomic E-state index is 0.0304. The van der Waals surface area contributed by atoms with Gasteiger partial charge in [-0.15, -0.1) is 0 Å². The van der Waals surface area contributed by atoms with E-state index in [1.807, 2.05) is 0 Å². The Morgan fingerprint density at radius 3 is 2.35 bits per heavy atom. The van der Waals surface area contributed by atoms with Gasteiger partial charge in [0.1, 0.15) is 17.8 Å². The van der Waals surface area contributed by atoms with Gasteiger partial charge in [0.05, 0.1) is 10.6 Å². The number of ether oxygens (including phenoxy) is 1. The molecule has 4 aromatic rings. The number of thioether (sulfide) groups is 1. The molecule has 2 aromatic carbocycles. The number of nitrogens with zero attached hydrogens (tertiary/aromatic N) is 3. The molecule has 11 heteroatoms. The third-order valence-electron chi connectivity index (χ3n) is 4.64. The largest absolute Gasteiger partial charge is 0.457 e. The number of aromatic nitrogens is 4. The Balaban J connectivity index is 1.36. The van der Waals surface area contributed by atoms with Gasteiger partial charge in [0.15, 0.2) is 5.16 Å². The van der Waals surface area contributed by atoms with Crippen molar-refractivity contribution in [3.8, 4) is 11.5 Å². The topological polar surface area (TPSA) is 80.8 Å². The summed E-state index contributed by atoms with van der Waals surface area (Å²) in [5.41, 5.74) is 1.05. The molecule has 2 heterocycles. The lowest BCUT2D eigenvalue weighted by molar-refractivity contribution is -0.137. The minimum atomic E-state index is -4.57. The van der Waals surface area contributed by atoms with E-state index in [1.54, 1.807) is 36.7 Å². The summed E-state index contributed by atoms with van der Waals surface area (Å²) in [7, 11) is 0. The van der Waals surface area contributed by atoms with E-state index in [-0.39, 0.29) is 16.3 Å². The van der Waals surface area contributed by atoms with Crippen LogP contribution in [0.15, 0.2) is 77.3 Å².